The highest BCUT2D eigenvalue weighted by atomic mass is 16.2. The molecule has 30 heavy (non-hydrogen) atoms. The molecule has 1 N–H and O–H groups in total. The van der Waals surface area contributed by atoms with E-state index in [0.717, 1.165) is 38.5 Å². The number of hydrogen-bond donors (Lipinski definition) is 1. The van der Waals surface area contributed by atoms with Gasteiger partial charge in [-0.15, -0.1) is 0 Å². The Balaban J connectivity index is 0.00000124. The summed E-state index contributed by atoms with van der Waals surface area (Å²) in [5, 5.41) is 3.08. The number of benzene rings is 1. The van der Waals surface area contributed by atoms with E-state index in [9.17, 15) is 9.59 Å². The van der Waals surface area contributed by atoms with Crippen LogP contribution in [0.15, 0.2) is 41.3 Å². The molecule has 0 aliphatic heterocycles. The highest BCUT2D eigenvalue weighted by Crippen LogP contribution is 2.38. The minimum atomic E-state index is -0.230. The van der Waals surface area contributed by atoms with Crippen LogP contribution in [-0.2, 0) is 6.42 Å². The van der Waals surface area contributed by atoms with Gasteiger partial charge in [-0.05, 0) is 55.0 Å². The zero-order chi connectivity index (χ0) is 21.7. The Hall–Kier alpha value is -2.56. The van der Waals surface area contributed by atoms with E-state index in [2.05, 4.69) is 28.4 Å². The Labute approximate surface area is 180 Å². The molecule has 0 bridgehead atoms. The molecule has 4 rings (SSSR count). The molecular formula is C25H35N3O2. The quantitative estimate of drug-likeness (QED) is 0.807. The Bertz CT molecular complexity index is 926. The second kappa shape index (κ2) is 9.96. The van der Waals surface area contributed by atoms with E-state index in [1.807, 2.05) is 40.2 Å². The molecule has 1 aromatic carbocycles. The highest BCUT2D eigenvalue weighted by Gasteiger charge is 2.28. The fraction of sp³-hybridized carbons (Fsp3) is 0.520. The van der Waals surface area contributed by atoms with Gasteiger partial charge in [-0.3, -0.25) is 9.59 Å². The van der Waals surface area contributed by atoms with E-state index in [0.29, 0.717) is 0 Å². The van der Waals surface area contributed by atoms with Gasteiger partial charge in [-0.2, -0.15) is 0 Å². The van der Waals surface area contributed by atoms with Gasteiger partial charge < -0.3 is 14.8 Å². The molecule has 2 aliphatic carbocycles. The number of nitrogens with zero attached hydrogens (tertiary/aromatic N) is 2. The third kappa shape index (κ3) is 4.45. The summed E-state index contributed by atoms with van der Waals surface area (Å²) in [6, 6.07) is 9.96. The first-order valence-corrected chi connectivity index (χ1v) is 11.4. The predicted molar refractivity (Wildman–Crippen MR) is 124 cm³/mol. The van der Waals surface area contributed by atoms with Crippen molar-refractivity contribution in [3.8, 4) is 0 Å². The average Bonchev–Trinajstić information content (AvgIpc) is 3.20. The molecule has 2 aliphatic rings. The molecule has 0 saturated heterocycles. The molecule has 5 nitrogen and oxygen atoms in total. The zero-order valence-electron chi connectivity index (χ0n) is 18.8. The topological polar surface area (TPSA) is 54.3 Å². The number of carbonyl (C=O) groups is 1. The van der Waals surface area contributed by atoms with E-state index in [1.54, 1.807) is 10.6 Å². The van der Waals surface area contributed by atoms with Gasteiger partial charge >= 0.3 is 0 Å². The summed E-state index contributed by atoms with van der Waals surface area (Å²) in [4.78, 5) is 28.0. The summed E-state index contributed by atoms with van der Waals surface area (Å²) < 4.78 is 1.75. The summed E-state index contributed by atoms with van der Waals surface area (Å²) in [6.07, 6.45) is 9.20. The van der Waals surface area contributed by atoms with Gasteiger partial charge in [0.1, 0.15) is 5.56 Å². The minimum Gasteiger partial charge on any atom is -0.377 e. The lowest BCUT2D eigenvalue weighted by Gasteiger charge is -2.23. The highest BCUT2D eigenvalue weighted by molar-refractivity contribution is 5.94. The van der Waals surface area contributed by atoms with Crippen LogP contribution in [0, 0.1) is 0 Å². The molecule has 1 atom stereocenters. The van der Waals surface area contributed by atoms with Crippen LogP contribution < -0.4 is 15.8 Å². The van der Waals surface area contributed by atoms with Gasteiger partial charge in [0.25, 0.3) is 11.5 Å². The number of fused-ring (bicyclic) bond motifs is 1. The van der Waals surface area contributed by atoms with Crippen molar-refractivity contribution >= 4 is 11.6 Å². The predicted octanol–water partition coefficient (Wildman–Crippen LogP) is 4.54. The van der Waals surface area contributed by atoms with Crippen LogP contribution in [0.4, 0.5) is 5.69 Å². The molecular weight excluding hydrogens is 374 g/mol. The maximum Gasteiger partial charge on any atom is 0.263 e. The molecule has 1 amide bonds. The van der Waals surface area contributed by atoms with Crippen molar-refractivity contribution in [1.29, 1.82) is 0 Å². The maximum atomic E-state index is 13.2. The molecule has 2 aromatic rings. The number of nitrogens with one attached hydrogen (secondary N) is 1. The lowest BCUT2D eigenvalue weighted by molar-refractivity contribution is 0.0925. The maximum absolute atomic E-state index is 13.2. The standard InChI is InChI=1S/C23H29N3O2.C2H6/c1-25(2)20-12-6-10-17-18(20)13-14-21(17)26-15-7-11-19(23(26)28)22(27)24-16-8-4-3-5-9-16;1-2/h6-7,10-12,15-16,21H,3-5,8-9,13-14H2,1-2H3,(H,24,27);1-2H3. The van der Waals surface area contributed by atoms with Crippen LogP contribution in [0.1, 0.15) is 79.9 Å². The van der Waals surface area contributed by atoms with Crippen LogP contribution >= 0.6 is 0 Å². The second-order valence-electron chi connectivity index (χ2n) is 8.24. The Morgan fingerprint density at radius 2 is 1.77 bits per heavy atom. The van der Waals surface area contributed by atoms with Gasteiger partial charge in [-0.1, -0.05) is 45.2 Å². The first kappa shape index (κ1) is 22.1. The van der Waals surface area contributed by atoms with Crippen molar-refractivity contribution in [3.05, 3.63) is 63.6 Å². The lowest BCUT2D eigenvalue weighted by Crippen LogP contribution is -2.40. The lowest BCUT2D eigenvalue weighted by atomic mass is 9.95. The molecule has 1 aromatic heterocycles. The van der Waals surface area contributed by atoms with Crippen LogP contribution in [0.25, 0.3) is 0 Å². The number of amides is 1. The molecule has 162 valence electrons. The third-order valence-electron chi connectivity index (χ3n) is 6.19. The summed E-state index contributed by atoms with van der Waals surface area (Å²) in [5.74, 6) is -0.230. The number of rotatable bonds is 4. The van der Waals surface area contributed by atoms with Crippen molar-refractivity contribution in [2.45, 2.75) is 70.9 Å². The summed E-state index contributed by atoms with van der Waals surface area (Å²) >= 11 is 0. The molecule has 1 fully saturated rings. The molecule has 5 heteroatoms. The number of carbonyl (C=O) groups excluding carboxylic acids is 1. The van der Waals surface area contributed by atoms with Crippen molar-refractivity contribution in [3.63, 3.8) is 0 Å². The summed E-state index contributed by atoms with van der Waals surface area (Å²) in [5.41, 5.74) is 3.77. The summed E-state index contributed by atoms with van der Waals surface area (Å²) in [7, 11) is 4.09. The Kier molecular flexibility index (Phi) is 7.35. The fourth-order valence-electron chi connectivity index (χ4n) is 4.76. The van der Waals surface area contributed by atoms with Gasteiger partial charge in [0.2, 0.25) is 0 Å². The SMILES string of the molecule is CC.CN(C)c1cccc2c1CCC2n1cccc(C(=O)NC2CCCCC2)c1=O. The normalized spacial score (nSPS) is 18.2. The Morgan fingerprint density at radius 1 is 1.03 bits per heavy atom. The molecule has 0 radical (unpaired) electrons. The second-order valence-corrected chi connectivity index (χ2v) is 8.24. The zero-order valence-corrected chi connectivity index (χ0v) is 18.8. The largest absolute Gasteiger partial charge is 0.377 e. The smallest absolute Gasteiger partial charge is 0.263 e. The van der Waals surface area contributed by atoms with Crippen molar-refractivity contribution < 1.29 is 4.79 Å². The van der Waals surface area contributed by atoms with E-state index in [1.165, 1.54) is 23.2 Å². The van der Waals surface area contributed by atoms with Crippen LogP contribution in [0.3, 0.4) is 0 Å². The van der Waals surface area contributed by atoms with Crippen molar-refractivity contribution in [1.82, 2.24) is 9.88 Å². The summed E-state index contributed by atoms with van der Waals surface area (Å²) in [6.45, 7) is 4.00. The van der Waals surface area contributed by atoms with Crippen LogP contribution in [0.5, 0.6) is 0 Å². The number of hydrogen-bond acceptors (Lipinski definition) is 3. The van der Waals surface area contributed by atoms with Gasteiger partial charge in [0.05, 0.1) is 6.04 Å². The average molecular weight is 410 g/mol. The van der Waals surface area contributed by atoms with Crippen molar-refractivity contribution in [2.24, 2.45) is 0 Å². The van der Waals surface area contributed by atoms with Gasteiger partial charge in [-0.25, -0.2) is 0 Å². The van der Waals surface area contributed by atoms with Crippen LogP contribution in [-0.4, -0.2) is 30.6 Å². The third-order valence-corrected chi connectivity index (χ3v) is 6.19. The van der Waals surface area contributed by atoms with Crippen LogP contribution in [0.2, 0.25) is 0 Å². The van der Waals surface area contributed by atoms with E-state index >= 15 is 0 Å². The first-order valence-electron chi connectivity index (χ1n) is 11.4. The first-order chi connectivity index (χ1) is 14.6. The number of aromatic nitrogens is 1. The van der Waals surface area contributed by atoms with E-state index < -0.39 is 0 Å². The Morgan fingerprint density at radius 3 is 2.47 bits per heavy atom. The number of anilines is 1. The fourth-order valence-corrected chi connectivity index (χ4v) is 4.76. The van der Waals surface area contributed by atoms with E-state index in [4.69, 9.17) is 0 Å². The molecule has 1 unspecified atom stereocenters. The van der Waals surface area contributed by atoms with E-state index in [-0.39, 0.29) is 29.1 Å². The van der Waals surface area contributed by atoms with Gasteiger partial charge in [0.15, 0.2) is 0 Å². The van der Waals surface area contributed by atoms with Crippen molar-refractivity contribution in [2.75, 3.05) is 19.0 Å². The van der Waals surface area contributed by atoms with Gasteiger partial charge in [0, 0.05) is 32.0 Å². The monoisotopic (exact) mass is 409 g/mol. The molecule has 0 spiro atoms. The molecule has 1 heterocycles. The number of pyridine rings is 1. The minimum absolute atomic E-state index is 0.00942. The molecule has 1 saturated carbocycles.